The molecule has 324 valence electrons. The fourth-order valence-corrected chi connectivity index (χ4v) is 10.2. The summed E-state index contributed by atoms with van der Waals surface area (Å²) in [5, 5.41) is 10.7. The number of hydrogen-bond donors (Lipinski definition) is 1. The first-order chi connectivity index (χ1) is 34.2. The molecule has 0 bridgehead atoms. The van der Waals surface area contributed by atoms with E-state index < -0.39 is 0 Å². The van der Waals surface area contributed by atoms with Crippen molar-refractivity contribution in [3.8, 4) is 55.6 Å². The maximum Gasteiger partial charge on any atom is 0.143 e. The monoisotopic (exact) mass is 880 g/mol. The topological polar surface area (TPSA) is 37.5 Å². The summed E-state index contributed by atoms with van der Waals surface area (Å²) in [5.41, 5.74) is 17.7. The Morgan fingerprint density at radius 2 is 0.855 bits per heavy atom. The lowest BCUT2D eigenvalue weighted by molar-refractivity contribution is 0.672. The zero-order chi connectivity index (χ0) is 45.7. The molecule has 3 nitrogen and oxygen atoms in total. The van der Waals surface area contributed by atoms with Crippen LogP contribution in [0, 0.1) is 0 Å². The smallest absolute Gasteiger partial charge is 0.143 e. The largest absolute Gasteiger partial charge is 0.455 e. The van der Waals surface area contributed by atoms with Crippen LogP contribution in [0.3, 0.4) is 0 Å². The Labute approximate surface area is 401 Å². The van der Waals surface area contributed by atoms with Crippen LogP contribution in [0.15, 0.2) is 264 Å². The molecule has 1 unspecified atom stereocenters. The molecule has 0 amide bonds. The Hall–Kier alpha value is -9.05. The molecule has 1 aliphatic rings. The second-order valence-corrected chi connectivity index (χ2v) is 17.9. The van der Waals surface area contributed by atoms with E-state index >= 15 is 0 Å². The van der Waals surface area contributed by atoms with Gasteiger partial charge in [0, 0.05) is 27.3 Å². The molecule has 12 aromatic rings. The molecule has 0 fully saturated rings. The first kappa shape index (κ1) is 40.2. The molecule has 69 heavy (non-hydrogen) atoms. The third kappa shape index (κ3) is 7.47. The lowest BCUT2D eigenvalue weighted by Crippen LogP contribution is -2.31. The Morgan fingerprint density at radius 3 is 1.59 bits per heavy atom. The van der Waals surface area contributed by atoms with Gasteiger partial charge in [0.05, 0.1) is 11.7 Å². The normalized spacial score (nSPS) is 13.7. The molecule has 0 aliphatic carbocycles. The average molecular weight is 881 g/mol. The van der Waals surface area contributed by atoms with Crippen molar-refractivity contribution in [2.75, 3.05) is 0 Å². The van der Waals surface area contributed by atoms with Gasteiger partial charge in [-0.3, -0.25) is 0 Å². The van der Waals surface area contributed by atoms with Gasteiger partial charge in [-0.2, -0.15) is 0 Å². The van der Waals surface area contributed by atoms with Crippen molar-refractivity contribution in [3.63, 3.8) is 0 Å². The predicted octanol–water partition coefficient (Wildman–Crippen LogP) is 17.4. The minimum absolute atomic E-state index is 0.173. The average Bonchev–Trinajstić information content (AvgIpc) is 3.82. The van der Waals surface area contributed by atoms with Gasteiger partial charge in [0.2, 0.25) is 0 Å². The number of rotatable bonds is 8. The summed E-state index contributed by atoms with van der Waals surface area (Å²) >= 11 is 0. The second kappa shape index (κ2) is 17.0. The maximum absolute atomic E-state index is 6.66. The first-order valence-corrected chi connectivity index (χ1v) is 23.6. The SMILES string of the molecule is C1=C(c2ccc3c(c2)oc2c4ccccc4ccc32)N=C(c2ccccc2)NC1c1ccc(-c2cc(-c3ccc(-c4ccccc4)cc3)cc(-c3cccc(-c4ccccc4)c3)c2)c2ccccc12. The minimum atomic E-state index is -0.173. The van der Waals surface area contributed by atoms with Crippen molar-refractivity contribution in [1.82, 2.24) is 5.32 Å². The van der Waals surface area contributed by atoms with Crippen molar-refractivity contribution >= 4 is 55.0 Å². The van der Waals surface area contributed by atoms with Crippen LogP contribution in [0.2, 0.25) is 0 Å². The van der Waals surface area contributed by atoms with Crippen LogP contribution in [0.25, 0.3) is 105 Å². The molecule has 13 rings (SSSR count). The zero-order valence-electron chi connectivity index (χ0n) is 37.7. The van der Waals surface area contributed by atoms with Crippen LogP contribution in [-0.4, -0.2) is 5.84 Å². The third-order valence-electron chi connectivity index (χ3n) is 13.7. The van der Waals surface area contributed by atoms with Crippen LogP contribution in [0.1, 0.15) is 22.7 Å². The lowest BCUT2D eigenvalue weighted by atomic mass is 9.88. The van der Waals surface area contributed by atoms with Gasteiger partial charge in [-0.1, -0.05) is 206 Å². The summed E-state index contributed by atoms with van der Waals surface area (Å²) in [6, 6.07) is 89.2. The highest BCUT2D eigenvalue weighted by molar-refractivity contribution is 6.15. The van der Waals surface area contributed by atoms with E-state index in [-0.39, 0.29) is 6.04 Å². The van der Waals surface area contributed by atoms with Crippen LogP contribution in [0.5, 0.6) is 0 Å². The summed E-state index contributed by atoms with van der Waals surface area (Å²) in [7, 11) is 0. The molecule has 2 heterocycles. The standard InChI is InChI=1S/C66H44N2O/c1-4-15-43(16-5-1)45-27-29-46(30-28-45)52-38-53(50-23-14-22-49(37-50)44-17-6-2-7-18-44)40-54(39-52)55-35-36-59(58-26-13-12-25-57(55)58)63-42-62(67-66(68-63)48-20-8-3-9-21-48)51-32-33-60-61-34-31-47-19-10-11-24-56(47)65(61)69-64(60)41-51/h1-42,63H,(H,67,68). The summed E-state index contributed by atoms with van der Waals surface area (Å²) in [5.74, 6) is 0.829. The highest BCUT2D eigenvalue weighted by Crippen LogP contribution is 2.41. The lowest BCUT2D eigenvalue weighted by Gasteiger charge is -2.26. The molecule has 1 aliphatic heterocycles. The van der Waals surface area contributed by atoms with Gasteiger partial charge < -0.3 is 9.73 Å². The number of hydrogen-bond acceptors (Lipinski definition) is 3. The third-order valence-corrected chi connectivity index (χ3v) is 13.7. The van der Waals surface area contributed by atoms with Gasteiger partial charge in [-0.15, -0.1) is 0 Å². The van der Waals surface area contributed by atoms with Crippen molar-refractivity contribution in [2.24, 2.45) is 4.99 Å². The number of aliphatic imine (C=N–C) groups is 1. The van der Waals surface area contributed by atoms with E-state index in [1.807, 2.05) is 6.07 Å². The van der Waals surface area contributed by atoms with E-state index in [1.54, 1.807) is 0 Å². The molecule has 0 saturated heterocycles. The number of benzene rings is 11. The number of fused-ring (bicyclic) bond motifs is 6. The summed E-state index contributed by atoms with van der Waals surface area (Å²) in [4.78, 5) is 5.30. The number of furan rings is 1. The van der Waals surface area contributed by atoms with Gasteiger partial charge in [0.15, 0.2) is 0 Å². The second-order valence-electron chi connectivity index (χ2n) is 17.9. The zero-order valence-corrected chi connectivity index (χ0v) is 37.7. The van der Waals surface area contributed by atoms with Gasteiger partial charge >= 0.3 is 0 Å². The minimum Gasteiger partial charge on any atom is -0.455 e. The van der Waals surface area contributed by atoms with E-state index in [0.717, 1.165) is 55.5 Å². The van der Waals surface area contributed by atoms with Gasteiger partial charge in [-0.05, 0) is 126 Å². The van der Waals surface area contributed by atoms with E-state index in [1.165, 1.54) is 71.8 Å². The van der Waals surface area contributed by atoms with E-state index in [4.69, 9.17) is 9.41 Å². The molecule has 0 spiro atoms. The molecule has 11 aromatic carbocycles. The van der Waals surface area contributed by atoms with Crippen molar-refractivity contribution in [1.29, 1.82) is 0 Å². The fourth-order valence-electron chi connectivity index (χ4n) is 10.2. The van der Waals surface area contributed by atoms with E-state index in [0.29, 0.717) is 0 Å². The van der Waals surface area contributed by atoms with Crippen LogP contribution in [-0.2, 0) is 0 Å². The summed E-state index contributed by atoms with van der Waals surface area (Å²) in [6.07, 6.45) is 2.27. The highest BCUT2D eigenvalue weighted by atomic mass is 16.3. The molecule has 3 heteroatoms. The fraction of sp³-hybridized carbons (Fsp3) is 0.0152. The van der Waals surface area contributed by atoms with Crippen LogP contribution in [0.4, 0.5) is 0 Å². The molecule has 0 radical (unpaired) electrons. The molecular weight excluding hydrogens is 837 g/mol. The van der Waals surface area contributed by atoms with Crippen molar-refractivity contribution < 1.29 is 4.42 Å². The predicted molar refractivity (Wildman–Crippen MR) is 289 cm³/mol. The van der Waals surface area contributed by atoms with Crippen molar-refractivity contribution in [3.05, 3.63) is 271 Å². The van der Waals surface area contributed by atoms with Crippen LogP contribution < -0.4 is 5.32 Å². The van der Waals surface area contributed by atoms with Crippen LogP contribution >= 0.6 is 0 Å². The van der Waals surface area contributed by atoms with E-state index in [9.17, 15) is 0 Å². The number of nitrogens with zero attached hydrogens (tertiary/aromatic N) is 1. The Kier molecular flexibility index (Phi) is 9.91. The van der Waals surface area contributed by atoms with Gasteiger partial charge in [-0.25, -0.2) is 4.99 Å². The maximum atomic E-state index is 6.66. The summed E-state index contributed by atoms with van der Waals surface area (Å²) < 4.78 is 6.66. The quantitative estimate of drug-likeness (QED) is 0.165. The number of nitrogens with one attached hydrogen (secondary N) is 1. The van der Waals surface area contributed by atoms with E-state index in [2.05, 4.69) is 254 Å². The van der Waals surface area contributed by atoms with Gasteiger partial charge in [0.1, 0.15) is 17.0 Å². The first-order valence-electron chi connectivity index (χ1n) is 23.6. The molecule has 1 aromatic heterocycles. The molecule has 0 saturated carbocycles. The van der Waals surface area contributed by atoms with Gasteiger partial charge in [0.25, 0.3) is 0 Å². The molecular formula is C66H44N2O. The summed E-state index contributed by atoms with van der Waals surface area (Å²) in [6.45, 7) is 0. The molecule has 1 atom stereocenters. The molecule has 1 N–H and O–H groups in total. The van der Waals surface area contributed by atoms with Crippen molar-refractivity contribution in [2.45, 2.75) is 6.04 Å². The Bertz CT molecular complexity index is 3960. The number of amidine groups is 1. The Balaban J connectivity index is 0.938. The Morgan fingerprint density at radius 1 is 0.333 bits per heavy atom. The highest BCUT2D eigenvalue weighted by Gasteiger charge is 2.23.